The van der Waals surface area contributed by atoms with E-state index in [1.165, 1.54) is 49.6 Å². The second kappa shape index (κ2) is 16.1. The molecule has 11 rings (SSSR count). The summed E-state index contributed by atoms with van der Waals surface area (Å²) in [5.74, 6) is 0. The lowest BCUT2D eigenvalue weighted by molar-refractivity contribution is 1.18. The monoisotopic (exact) mass is 790 g/mol. The zero-order valence-corrected chi connectivity index (χ0v) is 34.1. The quantitative estimate of drug-likeness (QED) is 0.141. The predicted octanol–water partition coefficient (Wildman–Crippen LogP) is 16.6. The highest BCUT2D eigenvalue weighted by Crippen LogP contribution is 2.45. The lowest BCUT2D eigenvalue weighted by Gasteiger charge is -2.29. The predicted molar refractivity (Wildman–Crippen MR) is 263 cm³/mol. The fourth-order valence-corrected chi connectivity index (χ4v) is 9.10. The van der Waals surface area contributed by atoms with Gasteiger partial charge in [-0.3, -0.25) is 0 Å². The van der Waals surface area contributed by atoms with Crippen LogP contribution in [0.4, 0.5) is 17.1 Å². The van der Waals surface area contributed by atoms with Crippen LogP contribution in [0.15, 0.2) is 255 Å². The van der Waals surface area contributed by atoms with Crippen LogP contribution in [0.25, 0.3) is 83.1 Å². The summed E-state index contributed by atoms with van der Waals surface area (Å²) in [7, 11) is 0. The number of fused-ring (bicyclic) bond motifs is 3. The molecule has 11 aromatic rings. The lowest BCUT2D eigenvalue weighted by Crippen LogP contribution is -2.12. The molecule has 292 valence electrons. The average Bonchev–Trinajstić information content (AvgIpc) is 3.70. The standard InChI is InChI=1S/C60H42N2/c1-5-20-43(21-6-1)49-39-50(44-22-7-2-8-23-44)42-53(41-49)61(57-35-15-13-32-54(57)45-24-9-3-10-25-45)52-31-18-27-47(40-52)46-26-17-28-48(38-46)55-34-19-37-59-60(55)56-33-14-16-36-58(56)62(59)51-29-11-4-12-30-51/h1-42H. The van der Waals surface area contributed by atoms with E-state index in [1.807, 2.05) is 0 Å². The van der Waals surface area contributed by atoms with Gasteiger partial charge in [-0.1, -0.05) is 188 Å². The zero-order chi connectivity index (χ0) is 41.2. The van der Waals surface area contributed by atoms with Gasteiger partial charge in [0.15, 0.2) is 0 Å². The van der Waals surface area contributed by atoms with Crippen LogP contribution < -0.4 is 4.90 Å². The molecule has 62 heavy (non-hydrogen) atoms. The number of rotatable bonds is 9. The highest BCUT2D eigenvalue weighted by atomic mass is 15.1. The Morgan fingerprint density at radius 1 is 0.274 bits per heavy atom. The Labute approximate surface area is 362 Å². The molecule has 10 aromatic carbocycles. The molecule has 1 aromatic heterocycles. The van der Waals surface area contributed by atoms with Crippen molar-refractivity contribution in [1.29, 1.82) is 0 Å². The number of hydrogen-bond donors (Lipinski definition) is 0. The molecule has 2 heteroatoms. The van der Waals surface area contributed by atoms with Gasteiger partial charge in [-0.15, -0.1) is 0 Å². The zero-order valence-electron chi connectivity index (χ0n) is 34.1. The summed E-state index contributed by atoms with van der Waals surface area (Å²) in [6.45, 7) is 0. The van der Waals surface area contributed by atoms with Crippen LogP contribution in [0.2, 0.25) is 0 Å². The molecule has 0 aliphatic heterocycles. The SMILES string of the molecule is c1ccc(-c2cc(-c3ccccc3)cc(N(c3cccc(-c4cccc(-c5cccc6c5c5ccccc5n6-c5ccccc5)c4)c3)c3ccccc3-c3ccccc3)c2)cc1. The van der Waals surface area contributed by atoms with E-state index in [1.54, 1.807) is 0 Å². The van der Waals surface area contributed by atoms with Crippen LogP contribution in [-0.2, 0) is 0 Å². The summed E-state index contributed by atoms with van der Waals surface area (Å²) in [6.07, 6.45) is 0. The van der Waals surface area contributed by atoms with Crippen LogP contribution >= 0.6 is 0 Å². The van der Waals surface area contributed by atoms with E-state index in [-0.39, 0.29) is 0 Å². The largest absolute Gasteiger partial charge is 0.310 e. The number of para-hydroxylation sites is 3. The smallest absolute Gasteiger partial charge is 0.0547 e. The van der Waals surface area contributed by atoms with Gasteiger partial charge in [-0.2, -0.15) is 0 Å². The summed E-state index contributed by atoms with van der Waals surface area (Å²) in [6, 6.07) is 92.1. The molecule has 0 aliphatic rings. The number of aromatic nitrogens is 1. The van der Waals surface area contributed by atoms with Gasteiger partial charge in [0.1, 0.15) is 0 Å². The molecular weight excluding hydrogens is 749 g/mol. The molecule has 0 spiro atoms. The average molecular weight is 791 g/mol. The minimum Gasteiger partial charge on any atom is -0.310 e. The fraction of sp³-hybridized carbons (Fsp3) is 0. The molecule has 0 saturated heterocycles. The Bertz CT molecular complexity index is 3270. The molecule has 0 radical (unpaired) electrons. The van der Waals surface area contributed by atoms with Crippen LogP contribution in [-0.4, -0.2) is 4.57 Å². The van der Waals surface area contributed by atoms with Gasteiger partial charge >= 0.3 is 0 Å². The third-order valence-electron chi connectivity index (χ3n) is 11.9. The van der Waals surface area contributed by atoms with Crippen molar-refractivity contribution in [2.75, 3.05) is 4.90 Å². The van der Waals surface area contributed by atoms with Crippen LogP contribution in [0.1, 0.15) is 0 Å². The number of hydrogen-bond acceptors (Lipinski definition) is 1. The number of nitrogens with zero attached hydrogens (tertiary/aromatic N) is 2. The molecule has 0 aliphatic carbocycles. The first-order valence-electron chi connectivity index (χ1n) is 21.3. The Morgan fingerprint density at radius 3 is 1.45 bits per heavy atom. The summed E-state index contributed by atoms with van der Waals surface area (Å²) >= 11 is 0. The first-order valence-corrected chi connectivity index (χ1v) is 21.3. The molecule has 1 heterocycles. The summed E-state index contributed by atoms with van der Waals surface area (Å²) in [5, 5.41) is 2.50. The minimum atomic E-state index is 1.08. The van der Waals surface area contributed by atoms with Crippen molar-refractivity contribution in [2.45, 2.75) is 0 Å². The van der Waals surface area contributed by atoms with Crippen molar-refractivity contribution in [3.05, 3.63) is 255 Å². The van der Waals surface area contributed by atoms with Gasteiger partial charge in [0.2, 0.25) is 0 Å². The number of anilines is 3. The van der Waals surface area contributed by atoms with Crippen molar-refractivity contribution in [2.24, 2.45) is 0 Å². The van der Waals surface area contributed by atoms with E-state index in [9.17, 15) is 0 Å². The van der Waals surface area contributed by atoms with E-state index < -0.39 is 0 Å². The van der Waals surface area contributed by atoms with Gasteiger partial charge in [0, 0.05) is 33.4 Å². The van der Waals surface area contributed by atoms with Gasteiger partial charge < -0.3 is 9.47 Å². The molecule has 0 fully saturated rings. The highest BCUT2D eigenvalue weighted by molar-refractivity contribution is 6.16. The van der Waals surface area contributed by atoms with E-state index in [0.29, 0.717) is 0 Å². The van der Waals surface area contributed by atoms with E-state index >= 15 is 0 Å². The molecule has 0 saturated carbocycles. The Balaban J connectivity index is 1.09. The lowest BCUT2D eigenvalue weighted by atomic mass is 9.95. The minimum absolute atomic E-state index is 1.08. The van der Waals surface area contributed by atoms with Crippen LogP contribution in [0, 0.1) is 0 Å². The van der Waals surface area contributed by atoms with Crippen molar-refractivity contribution in [3.8, 4) is 61.3 Å². The highest BCUT2D eigenvalue weighted by Gasteiger charge is 2.21. The molecule has 0 amide bonds. The Kier molecular flexibility index (Phi) is 9.57. The van der Waals surface area contributed by atoms with Crippen LogP contribution in [0.3, 0.4) is 0 Å². The molecule has 0 bridgehead atoms. The topological polar surface area (TPSA) is 8.17 Å². The molecule has 0 unspecified atom stereocenters. The number of benzene rings is 10. The van der Waals surface area contributed by atoms with Crippen molar-refractivity contribution < 1.29 is 0 Å². The Hall–Kier alpha value is -8.20. The van der Waals surface area contributed by atoms with E-state index in [4.69, 9.17) is 0 Å². The van der Waals surface area contributed by atoms with Crippen LogP contribution in [0.5, 0.6) is 0 Å². The first kappa shape index (κ1) is 36.8. The summed E-state index contributed by atoms with van der Waals surface area (Å²) in [5.41, 5.74) is 18.5. The maximum absolute atomic E-state index is 2.44. The first-order chi connectivity index (χ1) is 30.8. The third kappa shape index (κ3) is 6.84. The van der Waals surface area contributed by atoms with Gasteiger partial charge in [0.25, 0.3) is 0 Å². The summed E-state index contributed by atoms with van der Waals surface area (Å²) in [4.78, 5) is 2.44. The normalized spacial score (nSPS) is 11.2. The van der Waals surface area contributed by atoms with E-state index in [2.05, 4.69) is 264 Å². The maximum Gasteiger partial charge on any atom is 0.0547 e. The Morgan fingerprint density at radius 2 is 0.742 bits per heavy atom. The third-order valence-corrected chi connectivity index (χ3v) is 11.9. The van der Waals surface area contributed by atoms with Gasteiger partial charge in [0.05, 0.1) is 16.7 Å². The molecule has 0 atom stereocenters. The molecule has 0 N–H and O–H groups in total. The second-order valence-corrected chi connectivity index (χ2v) is 15.7. The fourth-order valence-electron chi connectivity index (χ4n) is 9.10. The maximum atomic E-state index is 2.44. The van der Waals surface area contributed by atoms with E-state index in [0.717, 1.165) is 50.6 Å². The van der Waals surface area contributed by atoms with Crippen molar-refractivity contribution in [1.82, 2.24) is 4.57 Å². The van der Waals surface area contributed by atoms with Crippen molar-refractivity contribution in [3.63, 3.8) is 0 Å². The molecule has 2 nitrogen and oxygen atoms in total. The van der Waals surface area contributed by atoms with Crippen molar-refractivity contribution >= 4 is 38.9 Å². The summed E-state index contributed by atoms with van der Waals surface area (Å²) < 4.78 is 2.39. The van der Waals surface area contributed by atoms with Gasteiger partial charge in [-0.25, -0.2) is 0 Å². The second-order valence-electron chi connectivity index (χ2n) is 15.7. The molecular formula is C60H42N2. The van der Waals surface area contributed by atoms with Gasteiger partial charge in [-0.05, 0) is 117 Å².